The Morgan fingerprint density at radius 2 is 1.91 bits per heavy atom. The van der Waals surface area contributed by atoms with Crippen LogP contribution in [0.3, 0.4) is 0 Å². The fourth-order valence-corrected chi connectivity index (χ4v) is 4.89. The van der Waals surface area contributed by atoms with Crippen LogP contribution < -0.4 is 15.4 Å². The first-order chi connectivity index (χ1) is 15.8. The molecule has 2 fully saturated rings. The number of aromatic nitrogens is 2. The van der Waals surface area contributed by atoms with Gasteiger partial charge in [0.1, 0.15) is 17.1 Å². The molecule has 1 saturated heterocycles. The first-order valence-electron chi connectivity index (χ1n) is 12.0. The Morgan fingerprint density at radius 1 is 1.18 bits per heavy atom. The molecule has 5 rings (SSSR count). The molecule has 1 saturated carbocycles. The van der Waals surface area contributed by atoms with E-state index >= 15 is 0 Å². The lowest BCUT2D eigenvalue weighted by Gasteiger charge is -2.28. The van der Waals surface area contributed by atoms with Crippen LogP contribution in [0.4, 0.5) is 11.5 Å². The van der Waals surface area contributed by atoms with Crippen molar-refractivity contribution in [3.8, 4) is 5.75 Å². The molecule has 2 aliphatic rings. The number of hydrogen-bond donors (Lipinski definition) is 1. The Balaban J connectivity index is 1.51. The van der Waals surface area contributed by atoms with Gasteiger partial charge in [-0.3, -0.25) is 4.79 Å². The molecule has 3 heterocycles. The SMILES string of the molecule is COc1c(N2CCCC2)cc(C(=O)Cn2cc3ccc(C4CC4)nc3c2N)cc1C(C)(C)C. The zero-order chi connectivity index (χ0) is 23.3. The van der Waals surface area contributed by atoms with Gasteiger partial charge in [-0.15, -0.1) is 0 Å². The largest absolute Gasteiger partial charge is 0.494 e. The molecule has 6 heteroatoms. The van der Waals surface area contributed by atoms with Gasteiger partial charge in [-0.2, -0.15) is 0 Å². The Morgan fingerprint density at radius 3 is 2.55 bits per heavy atom. The fraction of sp³-hybridized carbons (Fsp3) is 0.481. The van der Waals surface area contributed by atoms with Gasteiger partial charge in [-0.05, 0) is 55.4 Å². The van der Waals surface area contributed by atoms with Crippen molar-refractivity contribution in [2.45, 2.75) is 64.3 Å². The van der Waals surface area contributed by atoms with E-state index in [-0.39, 0.29) is 17.7 Å². The molecule has 0 bridgehead atoms. The fourth-order valence-electron chi connectivity index (χ4n) is 4.89. The summed E-state index contributed by atoms with van der Waals surface area (Å²) in [5.41, 5.74) is 11.0. The number of carbonyl (C=O) groups excluding carboxylic acids is 1. The second kappa shape index (κ2) is 8.08. The maximum atomic E-state index is 13.5. The number of methoxy groups -OCH3 is 1. The van der Waals surface area contributed by atoms with Crippen molar-refractivity contribution in [3.63, 3.8) is 0 Å². The molecule has 0 atom stereocenters. The maximum Gasteiger partial charge on any atom is 0.182 e. The van der Waals surface area contributed by atoms with E-state index in [9.17, 15) is 4.79 Å². The molecule has 33 heavy (non-hydrogen) atoms. The smallest absolute Gasteiger partial charge is 0.182 e. The summed E-state index contributed by atoms with van der Waals surface area (Å²) in [5, 5.41) is 0.979. The second-order valence-electron chi connectivity index (χ2n) is 10.5. The van der Waals surface area contributed by atoms with E-state index in [1.165, 1.54) is 12.8 Å². The normalized spacial score (nSPS) is 16.5. The number of fused-ring (bicyclic) bond motifs is 1. The van der Waals surface area contributed by atoms with Gasteiger partial charge in [0.2, 0.25) is 0 Å². The average molecular weight is 447 g/mol. The van der Waals surface area contributed by atoms with E-state index in [1.54, 1.807) is 7.11 Å². The zero-order valence-electron chi connectivity index (χ0n) is 20.1. The first-order valence-corrected chi connectivity index (χ1v) is 12.0. The van der Waals surface area contributed by atoms with Crippen LogP contribution in [0.25, 0.3) is 10.9 Å². The summed E-state index contributed by atoms with van der Waals surface area (Å²) in [5.74, 6) is 2.05. The molecule has 1 aliphatic heterocycles. The summed E-state index contributed by atoms with van der Waals surface area (Å²) >= 11 is 0. The molecule has 174 valence electrons. The number of nitrogen functional groups attached to an aromatic ring is 1. The molecular weight excluding hydrogens is 412 g/mol. The van der Waals surface area contributed by atoms with Crippen LogP contribution in [0.2, 0.25) is 0 Å². The number of rotatable bonds is 6. The van der Waals surface area contributed by atoms with Gasteiger partial charge in [0, 0.05) is 47.4 Å². The molecular formula is C27H34N4O2. The van der Waals surface area contributed by atoms with E-state index in [0.717, 1.165) is 59.5 Å². The minimum atomic E-state index is -0.152. The van der Waals surface area contributed by atoms with Crippen LogP contribution in [-0.4, -0.2) is 35.5 Å². The molecule has 2 N–H and O–H groups in total. The van der Waals surface area contributed by atoms with Gasteiger partial charge >= 0.3 is 0 Å². The van der Waals surface area contributed by atoms with Gasteiger partial charge in [0.25, 0.3) is 0 Å². The van der Waals surface area contributed by atoms with Gasteiger partial charge in [-0.1, -0.05) is 20.8 Å². The molecule has 0 amide bonds. The summed E-state index contributed by atoms with van der Waals surface area (Å²) in [6.07, 6.45) is 6.67. The number of benzene rings is 1. The Hall–Kier alpha value is -3.02. The van der Waals surface area contributed by atoms with E-state index in [1.807, 2.05) is 22.9 Å². The quantitative estimate of drug-likeness (QED) is 0.521. The third kappa shape index (κ3) is 4.07. The Kier molecular flexibility index (Phi) is 5.34. The average Bonchev–Trinajstić information content (AvgIpc) is 3.40. The zero-order valence-corrected chi connectivity index (χ0v) is 20.1. The maximum absolute atomic E-state index is 13.5. The first kappa shape index (κ1) is 21.8. The van der Waals surface area contributed by atoms with E-state index in [4.69, 9.17) is 15.5 Å². The molecule has 0 radical (unpaired) electrons. The predicted molar refractivity (Wildman–Crippen MR) is 134 cm³/mol. The summed E-state index contributed by atoms with van der Waals surface area (Å²) in [4.78, 5) is 20.7. The van der Waals surface area contributed by atoms with Gasteiger partial charge in [-0.25, -0.2) is 4.98 Å². The van der Waals surface area contributed by atoms with Gasteiger partial charge in [0.15, 0.2) is 5.78 Å². The van der Waals surface area contributed by atoms with Gasteiger partial charge in [0.05, 0.1) is 19.3 Å². The van der Waals surface area contributed by atoms with Crippen LogP contribution in [0.5, 0.6) is 5.75 Å². The third-order valence-corrected chi connectivity index (χ3v) is 6.95. The lowest BCUT2D eigenvalue weighted by atomic mass is 9.84. The van der Waals surface area contributed by atoms with Crippen molar-refractivity contribution in [2.24, 2.45) is 0 Å². The van der Waals surface area contributed by atoms with E-state index < -0.39 is 0 Å². The highest BCUT2D eigenvalue weighted by Gasteiger charge is 2.28. The lowest BCUT2D eigenvalue weighted by molar-refractivity contribution is 0.0973. The number of ketones is 1. The molecule has 2 aromatic heterocycles. The van der Waals surface area contributed by atoms with Crippen LogP contribution in [0.1, 0.15) is 74.0 Å². The topological polar surface area (TPSA) is 73.4 Å². The molecule has 0 spiro atoms. The molecule has 1 aromatic carbocycles. The number of Topliss-reactive ketones (excluding diaryl/α,β-unsaturated/α-hetero) is 1. The molecule has 6 nitrogen and oxygen atoms in total. The summed E-state index contributed by atoms with van der Waals surface area (Å²) < 4.78 is 7.72. The van der Waals surface area contributed by atoms with Gasteiger partial charge < -0.3 is 19.9 Å². The minimum Gasteiger partial charge on any atom is -0.494 e. The van der Waals surface area contributed by atoms with E-state index in [0.29, 0.717) is 17.3 Å². The summed E-state index contributed by atoms with van der Waals surface area (Å²) in [7, 11) is 1.72. The lowest BCUT2D eigenvalue weighted by Crippen LogP contribution is -2.23. The Labute approximate surface area is 195 Å². The number of pyridine rings is 1. The highest BCUT2D eigenvalue weighted by molar-refractivity contribution is 5.99. The van der Waals surface area contributed by atoms with Crippen molar-refractivity contribution >= 4 is 28.2 Å². The van der Waals surface area contributed by atoms with Crippen molar-refractivity contribution < 1.29 is 9.53 Å². The van der Waals surface area contributed by atoms with Crippen molar-refractivity contribution in [1.29, 1.82) is 0 Å². The van der Waals surface area contributed by atoms with Crippen LogP contribution in [0.15, 0.2) is 30.5 Å². The second-order valence-corrected chi connectivity index (χ2v) is 10.5. The summed E-state index contributed by atoms with van der Waals surface area (Å²) in [6, 6.07) is 8.17. The summed E-state index contributed by atoms with van der Waals surface area (Å²) in [6.45, 7) is 8.65. The predicted octanol–water partition coefficient (Wildman–Crippen LogP) is 5.29. The van der Waals surface area contributed by atoms with Crippen LogP contribution in [-0.2, 0) is 12.0 Å². The number of carbonyl (C=O) groups is 1. The number of nitrogens with two attached hydrogens (primary N) is 1. The van der Waals surface area contributed by atoms with Crippen LogP contribution >= 0.6 is 0 Å². The standard InChI is InChI=1S/C27H34N4O2/c1-27(2,3)20-13-19(14-22(25(20)33-4)30-11-5-6-12-30)23(32)16-31-15-18-9-10-21(17-7-8-17)29-24(18)26(31)28/h9-10,13-15,17H,5-8,11-12,16,28H2,1-4H3. The molecule has 1 aliphatic carbocycles. The Bertz CT molecular complexity index is 1210. The third-order valence-electron chi connectivity index (χ3n) is 6.95. The number of anilines is 2. The molecule has 0 unspecified atom stereocenters. The van der Waals surface area contributed by atoms with Crippen molar-refractivity contribution in [2.75, 3.05) is 30.8 Å². The number of ether oxygens (including phenoxy) is 1. The number of hydrogen-bond acceptors (Lipinski definition) is 5. The highest BCUT2D eigenvalue weighted by atomic mass is 16.5. The monoisotopic (exact) mass is 446 g/mol. The van der Waals surface area contributed by atoms with Crippen molar-refractivity contribution in [1.82, 2.24) is 9.55 Å². The molecule has 3 aromatic rings. The minimum absolute atomic E-state index is 0.0398. The number of nitrogens with zero attached hydrogens (tertiary/aromatic N) is 3. The van der Waals surface area contributed by atoms with Crippen LogP contribution in [0, 0.1) is 0 Å². The van der Waals surface area contributed by atoms with E-state index in [2.05, 4.69) is 37.8 Å². The van der Waals surface area contributed by atoms with Crippen molar-refractivity contribution in [3.05, 3.63) is 47.3 Å². The highest BCUT2D eigenvalue weighted by Crippen LogP contribution is 2.42.